The van der Waals surface area contributed by atoms with E-state index in [1.165, 1.54) is 23.3 Å². The highest BCUT2D eigenvalue weighted by molar-refractivity contribution is 6.31. The van der Waals surface area contributed by atoms with Crippen LogP contribution in [0.1, 0.15) is 29.4 Å². The van der Waals surface area contributed by atoms with Crippen LogP contribution in [0.25, 0.3) is 0 Å². The molecule has 0 spiro atoms. The van der Waals surface area contributed by atoms with E-state index in [0.29, 0.717) is 11.8 Å². The van der Waals surface area contributed by atoms with Crippen molar-refractivity contribution in [2.24, 2.45) is 0 Å². The second-order valence-corrected chi connectivity index (χ2v) is 5.69. The van der Waals surface area contributed by atoms with Crippen LogP contribution in [0.15, 0.2) is 48.5 Å². The zero-order valence-electron chi connectivity index (χ0n) is 11.2. The van der Waals surface area contributed by atoms with Crippen molar-refractivity contribution in [1.29, 1.82) is 0 Å². The minimum Gasteiger partial charge on any atom is -0.316 e. The fraction of sp³-hybridized carbons (Fsp3) is 0.294. The van der Waals surface area contributed by atoms with Gasteiger partial charge in [0.25, 0.3) is 0 Å². The van der Waals surface area contributed by atoms with Crippen LogP contribution in [0.5, 0.6) is 0 Å². The lowest BCUT2D eigenvalue weighted by molar-refractivity contribution is 0.404. The summed E-state index contributed by atoms with van der Waals surface area (Å²) in [6.45, 7) is 1.90. The molecule has 2 unspecified atom stereocenters. The zero-order chi connectivity index (χ0) is 13.9. The number of rotatable bonds is 2. The fourth-order valence-corrected chi connectivity index (χ4v) is 3.34. The summed E-state index contributed by atoms with van der Waals surface area (Å²) in [6.07, 6.45) is 1.05. The molecule has 1 aliphatic rings. The molecule has 1 aliphatic heterocycles. The van der Waals surface area contributed by atoms with Crippen molar-refractivity contribution in [3.8, 4) is 0 Å². The Balaban J connectivity index is 1.95. The maximum absolute atomic E-state index is 13.1. The molecule has 0 aliphatic carbocycles. The highest BCUT2D eigenvalue weighted by atomic mass is 35.5. The molecule has 3 heteroatoms. The van der Waals surface area contributed by atoms with E-state index in [0.717, 1.165) is 24.5 Å². The van der Waals surface area contributed by atoms with Gasteiger partial charge in [-0.3, -0.25) is 0 Å². The van der Waals surface area contributed by atoms with Crippen molar-refractivity contribution in [3.05, 3.63) is 70.5 Å². The normalized spacial score (nSPS) is 22.7. The van der Waals surface area contributed by atoms with E-state index < -0.39 is 0 Å². The molecule has 20 heavy (non-hydrogen) atoms. The number of halogens is 2. The summed E-state index contributed by atoms with van der Waals surface area (Å²) in [4.78, 5) is 0. The van der Waals surface area contributed by atoms with E-state index in [-0.39, 0.29) is 5.82 Å². The molecule has 2 aromatic rings. The summed E-state index contributed by atoms with van der Waals surface area (Å²) in [5.41, 5.74) is 2.37. The number of hydrogen-bond donors (Lipinski definition) is 1. The molecular weight excluding hydrogens is 273 g/mol. The van der Waals surface area contributed by atoms with Gasteiger partial charge < -0.3 is 5.32 Å². The first-order valence-corrected chi connectivity index (χ1v) is 7.34. The van der Waals surface area contributed by atoms with Crippen LogP contribution >= 0.6 is 11.6 Å². The van der Waals surface area contributed by atoms with E-state index in [1.807, 2.05) is 30.3 Å². The van der Waals surface area contributed by atoms with Crippen LogP contribution in [0.4, 0.5) is 4.39 Å². The molecule has 0 radical (unpaired) electrons. The second kappa shape index (κ2) is 5.94. The minimum atomic E-state index is -0.188. The number of benzene rings is 2. The summed E-state index contributed by atoms with van der Waals surface area (Å²) in [7, 11) is 0. The molecule has 2 atom stereocenters. The summed E-state index contributed by atoms with van der Waals surface area (Å²) in [5.74, 6) is 0.534. The average molecular weight is 290 g/mol. The Morgan fingerprint density at radius 3 is 2.50 bits per heavy atom. The van der Waals surface area contributed by atoms with Gasteiger partial charge >= 0.3 is 0 Å². The van der Waals surface area contributed by atoms with Crippen molar-refractivity contribution in [2.45, 2.75) is 18.3 Å². The molecular formula is C17H17ClFN. The molecule has 1 saturated heterocycles. The molecule has 2 aromatic carbocycles. The van der Waals surface area contributed by atoms with Crippen LogP contribution in [0.3, 0.4) is 0 Å². The van der Waals surface area contributed by atoms with Crippen molar-refractivity contribution in [3.63, 3.8) is 0 Å². The molecule has 1 nitrogen and oxygen atoms in total. The fourth-order valence-electron chi connectivity index (χ4n) is 3.07. The Morgan fingerprint density at radius 1 is 1.00 bits per heavy atom. The van der Waals surface area contributed by atoms with Gasteiger partial charge in [0.1, 0.15) is 5.82 Å². The van der Waals surface area contributed by atoms with Gasteiger partial charge in [-0.1, -0.05) is 41.9 Å². The Labute approximate surface area is 123 Å². The Hall–Kier alpha value is -1.38. The Morgan fingerprint density at radius 2 is 1.75 bits per heavy atom. The zero-order valence-corrected chi connectivity index (χ0v) is 11.9. The standard InChI is InChI=1S/C17H17ClFN/c18-17-4-2-1-3-15(17)14-9-10-20-11-16(14)12-5-7-13(19)8-6-12/h1-8,14,16,20H,9-11H2. The average Bonchev–Trinajstić information content (AvgIpc) is 2.49. The first-order chi connectivity index (χ1) is 9.75. The molecule has 1 fully saturated rings. The van der Waals surface area contributed by atoms with E-state index in [4.69, 9.17) is 11.6 Å². The molecule has 104 valence electrons. The summed E-state index contributed by atoms with van der Waals surface area (Å²) in [6, 6.07) is 14.9. The smallest absolute Gasteiger partial charge is 0.123 e. The van der Waals surface area contributed by atoms with Gasteiger partial charge in [0.05, 0.1) is 0 Å². The molecule has 0 bridgehead atoms. The number of hydrogen-bond acceptors (Lipinski definition) is 1. The van der Waals surface area contributed by atoms with Crippen LogP contribution in [-0.4, -0.2) is 13.1 Å². The van der Waals surface area contributed by atoms with Gasteiger partial charge in [0.15, 0.2) is 0 Å². The van der Waals surface area contributed by atoms with Gasteiger partial charge in [-0.15, -0.1) is 0 Å². The Bertz CT molecular complexity index is 582. The van der Waals surface area contributed by atoms with E-state index in [2.05, 4.69) is 11.4 Å². The molecule has 1 heterocycles. The maximum atomic E-state index is 13.1. The van der Waals surface area contributed by atoms with E-state index in [9.17, 15) is 4.39 Å². The van der Waals surface area contributed by atoms with Crippen molar-refractivity contribution < 1.29 is 4.39 Å². The monoisotopic (exact) mass is 289 g/mol. The van der Waals surface area contributed by atoms with Gasteiger partial charge in [-0.25, -0.2) is 4.39 Å². The van der Waals surface area contributed by atoms with Gasteiger partial charge in [-0.05, 0) is 48.2 Å². The lowest BCUT2D eigenvalue weighted by Crippen LogP contribution is -2.34. The molecule has 0 amide bonds. The lowest BCUT2D eigenvalue weighted by atomic mass is 9.77. The van der Waals surface area contributed by atoms with Gasteiger partial charge in [0.2, 0.25) is 0 Å². The topological polar surface area (TPSA) is 12.0 Å². The van der Waals surface area contributed by atoms with Gasteiger partial charge in [0, 0.05) is 17.5 Å². The van der Waals surface area contributed by atoms with Crippen molar-refractivity contribution in [2.75, 3.05) is 13.1 Å². The highest BCUT2D eigenvalue weighted by Gasteiger charge is 2.28. The first kappa shape index (κ1) is 13.6. The molecule has 0 aromatic heterocycles. The minimum absolute atomic E-state index is 0.188. The van der Waals surface area contributed by atoms with Crippen LogP contribution in [0.2, 0.25) is 5.02 Å². The predicted octanol–water partition coefficient (Wildman–Crippen LogP) is 4.34. The van der Waals surface area contributed by atoms with Crippen LogP contribution in [0, 0.1) is 5.82 Å². The SMILES string of the molecule is Fc1ccc(C2CNCCC2c2ccccc2Cl)cc1. The Kier molecular flexibility index (Phi) is 4.04. The van der Waals surface area contributed by atoms with Crippen molar-refractivity contribution >= 4 is 11.6 Å². The summed E-state index contributed by atoms with van der Waals surface area (Å²) in [5, 5.41) is 4.26. The largest absolute Gasteiger partial charge is 0.316 e. The van der Waals surface area contributed by atoms with E-state index >= 15 is 0 Å². The lowest BCUT2D eigenvalue weighted by Gasteiger charge is -2.33. The third-order valence-corrected chi connectivity index (χ3v) is 4.43. The second-order valence-electron chi connectivity index (χ2n) is 5.28. The van der Waals surface area contributed by atoms with Crippen LogP contribution in [-0.2, 0) is 0 Å². The molecule has 0 saturated carbocycles. The van der Waals surface area contributed by atoms with E-state index in [1.54, 1.807) is 0 Å². The maximum Gasteiger partial charge on any atom is 0.123 e. The number of nitrogens with one attached hydrogen (secondary N) is 1. The summed E-state index contributed by atoms with van der Waals surface area (Å²) >= 11 is 6.36. The summed E-state index contributed by atoms with van der Waals surface area (Å²) < 4.78 is 13.1. The highest BCUT2D eigenvalue weighted by Crippen LogP contribution is 2.39. The molecule has 1 N–H and O–H groups in total. The number of piperidine rings is 1. The quantitative estimate of drug-likeness (QED) is 0.867. The van der Waals surface area contributed by atoms with Crippen LogP contribution < -0.4 is 5.32 Å². The predicted molar refractivity (Wildman–Crippen MR) is 80.8 cm³/mol. The van der Waals surface area contributed by atoms with Crippen molar-refractivity contribution in [1.82, 2.24) is 5.32 Å². The van der Waals surface area contributed by atoms with Gasteiger partial charge in [-0.2, -0.15) is 0 Å². The third-order valence-electron chi connectivity index (χ3n) is 4.08. The molecule has 3 rings (SSSR count). The third kappa shape index (κ3) is 2.72. The first-order valence-electron chi connectivity index (χ1n) is 6.96.